The molecule has 0 bridgehead atoms. The first-order valence-electron chi connectivity index (χ1n) is 6.89. The number of aryl methyl sites for hydroxylation is 1. The number of para-hydroxylation sites is 1. The van der Waals surface area contributed by atoms with E-state index in [1.807, 2.05) is 55.5 Å². The van der Waals surface area contributed by atoms with E-state index < -0.39 is 0 Å². The number of benzene rings is 3. The minimum absolute atomic E-state index is 0.273. The number of aromatic hydroxyl groups is 2. The summed E-state index contributed by atoms with van der Waals surface area (Å²) in [5, 5.41) is 25.1. The lowest BCUT2D eigenvalue weighted by Gasteiger charge is -2.12. The standard InChI is InChI=1S/C18H17NO2/c1-12-5-2-6-13(18(12)21)11-19-16-9-3-8-15-14(16)7-4-10-17(15)20/h2-10,19-21H,11H2,1H3. The molecule has 3 aromatic carbocycles. The van der Waals surface area contributed by atoms with Crippen LogP contribution in [0.2, 0.25) is 0 Å². The van der Waals surface area contributed by atoms with Crippen molar-refractivity contribution in [2.75, 3.05) is 5.32 Å². The summed E-state index contributed by atoms with van der Waals surface area (Å²) in [6, 6.07) is 16.9. The zero-order chi connectivity index (χ0) is 14.8. The van der Waals surface area contributed by atoms with Crippen LogP contribution in [0, 0.1) is 6.92 Å². The van der Waals surface area contributed by atoms with Gasteiger partial charge in [0.05, 0.1) is 0 Å². The van der Waals surface area contributed by atoms with E-state index >= 15 is 0 Å². The predicted molar refractivity (Wildman–Crippen MR) is 85.8 cm³/mol. The average molecular weight is 279 g/mol. The molecule has 0 radical (unpaired) electrons. The Morgan fingerprint density at radius 1 is 0.857 bits per heavy atom. The Balaban J connectivity index is 1.92. The summed E-state index contributed by atoms with van der Waals surface area (Å²) in [6.07, 6.45) is 0. The third-order valence-corrected chi connectivity index (χ3v) is 3.69. The van der Waals surface area contributed by atoms with E-state index in [1.165, 1.54) is 0 Å². The summed E-state index contributed by atoms with van der Waals surface area (Å²) >= 11 is 0. The van der Waals surface area contributed by atoms with Crippen LogP contribution in [-0.4, -0.2) is 10.2 Å². The Bertz CT molecular complexity index is 796. The van der Waals surface area contributed by atoms with E-state index in [9.17, 15) is 10.2 Å². The van der Waals surface area contributed by atoms with Crippen molar-refractivity contribution in [1.29, 1.82) is 0 Å². The van der Waals surface area contributed by atoms with Gasteiger partial charge in [-0.1, -0.05) is 42.5 Å². The van der Waals surface area contributed by atoms with Crippen molar-refractivity contribution >= 4 is 16.5 Å². The van der Waals surface area contributed by atoms with Crippen molar-refractivity contribution in [3.63, 3.8) is 0 Å². The molecule has 0 fully saturated rings. The predicted octanol–water partition coefficient (Wildman–Crippen LogP) is 4.17. The van der Waals surface area contributed by atoms with Gasteiger partial charge in [-0.05, 0) is 24.6 Å². The van der Waals surface area contributed by atoms with E-state index in [-0.39, 0.29) is 5.75 Å². The van der Waals surface area contributed by atoms with Crippen molar-refractivity contribution in [1.82, 2.24) is 0 Å². The monoisotopic (exact) mass is 279 g/mol. The molecule has 0 unspecified atom stereocenters. The SMILES string of the molecule is Cc1cccc(CNc2cccc3c(O)cccc23)c1O. The smallest absolute Gasteiger partial charge is 0.123 e. The van der Waals surface area contributed by atoms with Gasteiger partial charge in [0.2, 0.25) is 0 Å². The number of anilines is 1. The van der Waals surface area contributed by atoms with Gasteiger partial charge in [0, 0.05) is 28.6 Å². The second-order valence-corrected chi connectivity index (χ2v) is 5.11. The van der Waals surface area contributed by atoms with Gasteiger partial charge in [-0.2, -0.15) is 0 Å². The Labute approximate surface area is 123 Å². The number of hydrogen-bond acceptors (Lipinski definition) is 3. The molecule has 0 heterocycles. The molecule has 0 aliphatic rings. The molecule has 106 valence electrons. The molecule has 0 aromatic heterocycles. The van der Waals surface area contributed by atoms with Gasteiger partial charge in [-0.15, -0.1) is 0 Å². The molecule has 3 rings (SSSR count). The van der Waals surface area contributed by atoms with Crippen LogP contribution in [0.25, 0.3) is 10.8 Å². The summed E-state index contributed by atoms with van der Waals surface area (Å²) in [7, 11) is 0. The molecule has 0 saturated heterocycles. The van der Waals surface area contributed by atoms with Crippen LogP contribution in [0.5, 0.6) is 11.5 Å². The normalized spacial score (nSPS) is 10.7. The number of rotatable bonds is 3. The third kappa shape index (κ3) is 2.50. The Kier molecular flexibility index (Phi) is 3.40. The Morgan fingerprint density at radius 2 is 1.57 bits per heavy atom. The van der Waals surface area contributed by atoms with Crippen LogP contribution in [0.15, 0.2) is 54.6 Å². The highest BCUT2D eigenvalue weighted by Gasteiger charge is 2.06. The summed E-state index contributed by atoms with van der Waals surface area (Å²) < 4.78 is 0. The molecular formula is C18H17NO2. The van der Waals surface area contributed by atoms with E-state index in [0.717, 1.165) is 27.6 Å². The molecule has 21 heavy (non-hydrogen) atoms. The molecule has 3 heteroatoms. The molecular weight excluding hydrogens is 262 g/mol. The first-order valence-corrected chi connectivity index (χ1v) is 6.89. The summed E-state index contributed by atoms with van der Waals surface area (Å²) in [4.78, 5) is 0. The maximum Gasteiger partial charge on any atom is 0.123 e. The zero-order valence-electron chi connectivity index (χ0n) is 11.8. The molecule has 3 aromatic rings. The number of hydrogen-bond donors (Lipinski definition) is 3. The molecule has 0 amide bonds. The van der Waals surface area contributed by atoms with E-state index in [4.69, 9.17) is 0 Å². The fourth-order valence-corrected chi connectivity index (χ4v) is 2.50. The highest BCUT2D eigenvalue weighted by Crippen LogP contribution is 2.30. The maximum absolute atomic E-state index is 10.1. The quantitative estimate of drug-likeness (QED) is 0.674. The van der Waals surface area contributed by atoms with E-state index in [2.05, 4.69) is 5.32 Å². The molecule has 3 nitrogen and oxygen atoms in total. The van der Waals surface area contributed by atoms with Gasteiger partial charge in [0.25, 0.3) is 0 Å². The summed E-state index contributed by atoms with van der Waals surface area (Å²) in [5.74, 6) is 0.600. The van der Waals surface area contributed by atoms with Crippen molar-refractivity contribution in [2.45, 2.75) is 13.5 Å². The van der Waals surface area contributed by atoms with Crippen LogP contribution in [0.4, 0.5) is 5.69 Å². The van der Waals surface area contributed by atoms with Gasteiger partial charge in [0.15, 0.2) is 0 Å². The Hall–Kier alpha value is -2.68. The molecule has 0 aliphatic heterocycles. The number of nitrogens with one attached hydrogen (secondary N) is 1. The van der Waals surface area contributed by atoms with E-state index in [1.54, 1.807) is 6.07 Å². The third-order valence-electron chi connectivity index (χ3n) is 3.69. The van der Waals surface area contributed by atoms with Crippen LogP contribution in [0.1, 0.15) is 11.1 Å². The van der Waals surface area contributed by atoms with Gasteiger partial charge in [0.1, 0.15) is 11.5 Å². The number of phenols is 2. The fraction of sp³-hybridized carbons (Fsp3) is 0.111. The van der Waals surface area contributed by atoms with Gasteiger partial charge >= 0.3 is 0 Å². The van der Waals surface area contributed by atoms with Gasteiger partial charge in [-0.25, -0.2) is 0 Å². The van der Waals surface area contributed by atoms with Crippen molar-refractivity contribution in [2.24, 2.45) is 0 Å². The van der Waals surface area contributed by atoms with Crippen LogP contribution in [-0.2, 0) is 6.54 Å². The average Bonchev–Trinajstić information content (AvgIpc) is 2.49. The van der Waals surface area contributed by atoms with Crippen LogP contribution >= 0.6 is 0 Å². The van der Waals surface area contributed by atoms with Crippen molar-refractivity contribution < 1.29 is 10.2 Å². The van der Waals surface area contributed by atoms with Gasteiger partial charge in [-0.3, -0.25) is 0 Å². The van der Waals surface area contributed by atoms with Crippen LogP contribution < -0.4 is 5.32 Å². The van der Waals surface area contributed by atoms with Crippen LogP contribution in [0.3, 0.4) is 0 Å². The topological polar surface area (TPSA) is 52.5 Å². The number of phenolic OH excluding ortho intramolecular Hbond substituents is 2. The summed E-state index contributed by atoms with van der Waals surface area (Å²) in [5.41, 5.74) is 2.65. The number of fused-ring (bicyclic) bond motifs is 1. The Morgan fingerprint density at radius 3 is 2.43 bits per heavy atom. The lowest BCUT2D eigenvalue weighted by Crippen LogP contribution is -2.00. The maximum atomic E-state index is 10.1. The first-order chi connectivity index (χ1) is 10.2. The highest BCUT2D eigenvalue weighted by atomic mass is 16.3. The fourth-order valence-electron chi connectivity index (χ4n) is 2.50. The minimum Gasteiger partial charge on any atom is -0.507 e. The lowest BCUT2D eigenvalue weighted by molar-refractivity contribution is 0.465. The largest absolute Gasteiger partial charge is 0.507 e. The van der Waals surface area contributed by atoms with Crippen molar-refractivity contribution in [3.05, 3.63) is 65.7 Å². The molecule has 0 atom stereocenters. The molecule has 0 saturated carbocycles. The molecule has 0 spiro atoms. The second kappa shape index (κ2) is 5.37. The lowest BCUT2D eigenvalue weighted by atomic mass is 10.1. The summed E-state index contributed by atoms with van der Waals surface area (Å²) in [6.45, 7) is 2.41. The van der Waals surface area contributed by atoms with Crippen molar-refractivity contribution in [3.8, 4) is 11.5 Å². The highest BCUT2D eigenvalue weighted by molar-refractivity contribution is 5.97. The van der Waals surface area contributed by atoms with E-state index in [0.29, 0.717) is 12.3 Å². The van der Waals surface area contributed by atoms with Gasteiger partial charge < -0.3 is 15.5 Å². The minimum atomic E-state index is 0.273. The molecule has 0 aliphatic carbocycles. The first kappa shape index (κ1) is 13.3. The molecule has 3 N–H and O–H groups in total. The zero-order valence-corrected chi connectivity index (χ0v) is 11.8. The second-order valence-electron chi connectivity index (χ2n) is 5.11.